The predicted molar refractivity (Wildman–Crippen MR) is 120 cm³/mol. The first-order chi connectivity index (χ1) is 14.8. The second kappa shape index (κ2) is 9.65. The molecule has 1 aliphatic rings. The number of benzene rings is 2. The number of halogens is 1. The zero-order chi connectivity index (χ0) is 22.5. The summed E-state index contributed by atoms with van der Waals surface area (Å²) in [5.41, 5.74) is 2.32. The van der Waals surface area contributed by atoms with Gasteiger partial charge in [0.25, 0.3) is 5.91 Å². The number of anilines is 1. The summed E-state index contributed by atoms with van der Waals surface area (Å²) in [5, 5.41) is 5.18. The molecule has 0 aliphatic carbocycles. The van der Waals surface area contributed by atoms with Gasteiger partial charge in [-0.1, -0.05) is 17.7 Å². The van der Waals surface area contributed by atoms with Gasteiger partial charge in [0.1, 0.15) is 12.2 Å². The van der Waals surface area contributed by atoms with E-state index in [0.717, 1.165) is 10.5 Å². The lowest BCUT2D eigenvalue weighted by molar-refractivity contribution is -0.127. The number of ether oxygens (including phenoxy) is 2. The summed E-state index contributed by atoms with van der Waals surface area (Å²) in [5.74, 6) is -0.0374. The van der Waals surface area contributed by atoms with Gasteiger partial charge < -0.3 is 20.1 Å². The second-order valence-corrected chi connectivity index (χ2v) is 7.62. The number of amides is 4. The molecule has 4 amide bonds. The quantitative estimate of drug-likeness (QED) is 0.458. The molecule has 0 radical (unpaired) electrons. The minimum Gasteiger partial charge on any atom is -0.493 e. The van der Waals surface area contributed by atoms with Crippen LogP contribution in [0.25, 0.3) is 6.08 Å². The Labute approximate surface area is 188 Å². The number of nitrogens with zero attached hydrogens (tertiary/aromatic N) is 1. The maximum atomic E-state index is 12.7. The van der Waals surface area contributed by atoms with E-state index >= 15 is 0 Å². The van der Waals surface area contributed by atoms with Crippen molar-refractivity contribution in [3.63, 3.8) is 0 Å². The van der Waals surface area contributed by atoms with Crippen LogP contribution in [0.3, 0.4) is 0 Å². The monoisotopic (exact) mass is 487 g/mol. The SMILES string of the molecule is CCOc1c(Br)cc(C=C2NC(=O)N(CC(=O)Nc3ccc(C)cc3)C2=O)cc1OC. The van der Waals surface area contributed by atoms with Gasteiger partial charge >= 0.3 is 6.03 Å². The van der Waals surface area contributed by atoms with Gasteiger partial charge in [-0.25, -0.2) is 9.69 Å². The van der Waals surface area contributed by atoms with Gasteiger partial charge in [0, 0.05) is 5.69 Å². The van der Waals surface area contributed by atoms with Crippen molar-refractivity contribution in [2.75, 3.05) is 25.6 Å². The van der Waals surface area contributed by atoms with Gasteiger partial charge in [-0.2, -0.15) is 0 Å². The lowest BCUT2D eigenvalue weighted by Gasteiger charge is -2.12. The molecule has 1 aliphatic heterocycles. The smallest absolute Gasteiger partial charge is 0.329 e. The molecule has 2 aromatic carbocycles. The summed E-state index contributed by atoms with van der Waals surface area (Å²) in [6.07, 6.45) is 1.51. The van der Waals surface area contributed by atoms with E-state index in [1.54, 1.807) is 24.3 Å². The number of aryl methyl sites for hydroxylation is 1. The number of nitrogens with one attached hydrogen (secondary N) is 2. The van der Waals surface area contributed by atoms with Crippen molar-refractivity contribution in [2.24, 2.45) is 0 Å². The predicted octanol–water partition coefficient (Wildman–Crippen LogP) is 3.70. The zero-order valence-electron chi connectivity index (χ0n) is 17.3. The zero-order valence-corrected chi connectivity index (χ0v) is 18.9. The van der Waals surface area contributed by atoms with Gasteiger partial charge in [-0.15, -0.1) is 0 Å². The van der Waals surface area contributed by atoms with Crippen LogP contribution in [0.15, 0.2) is 46.6 Å². The third kappa shape index (κ3) is 5.24. The van der Waals surface area contributed by atoms with Gasteiger partial charge in [-0.05, 0) is 65.7 Å². The van der Waals surface area contributed by atoms with E-state index in [9.17, 15) is 14.4 Å². The van der Waals surface area contributed by atoms with Crippen molar-refractivity contribution in [1.29, 1.82) is 0 Å². The lowest BCUT2D eigenvalue weighted by atomic mass is 10.1. The molecule has 0 bridgehead atoms. The first-order valence-electron chi connectivity index (χ1n) is 9.53. The highest BCUT2D eigenvalue weighted by Crippen LogP contribution is 2.37. The fraction of sp³-hybridized carbons (Fsp3) is 0.227. The van der Waals surface area contributed by atoms with Crippen molar-refractivity contribution in [1.82, 2.24) is 10.2 Å². The molecule has 0 saturated carbocycles. The molecule has 0 aromatic heterocycles. The summed E-state index contributed by atoms with van der Waals surface area (Å²) >= 11 is 3.43. The highest BCUT2D eigenvalue weighted by molar-refractivity contribution is 9.10. The van der Waals surface area contributed by atoms with Gasteiger partial charge in [0.15, 0.2) is 11.5 Å². The van der Waals surface area contributed by atoms with E-state index < -0.39 is 24.4 Å². The van der Waals surface area contributed by atoms with Gasteiger partial charge in [0.05, 0.1) is 18.2 Å². The van der Waals surface area contributed by atoms with E-state index in [4.69, 9.17) is 9.47 Å². The molecule has 3 rings (SSSR count). The van der Waals surface area contributed by atoms with Crippen molar-refractivity contribution in [3.05, 3.63) is 57.7 Å². The second-order valence-electron chi connectivity index (χ2n) is 6.76. The third-order valence-corrected chi connectivity index (χ3v) is 5.04. The largest absolute Gasteiger partial charge is 0.493 e. The van der Waals surface area contributed by atoms with Crippen LogP contribution in [-0.2, 0) is 9.59 Å². The van der Waals surface area contributed by atoms with E-state index in [0.29, 0.717) is 33.8 Å². The number of urea groups is 1. The normalized spacial score (nSPS) is 14.6. The minimum absolute atomic E-state index is 0.0613. The van der Waals surface area contributed by atoms with Crippen LogP contribution in [0.5, 0.6) is 11.5 Å². The van der Waals surface area contributed by atoms with Crippen molar-refractivity contribution >= 4 is 45.5 Å². The van der Waals surface area contributed by atoms with Crippen LogP contribution in [0, 0.1) is 6.92 Å². The van der Waals surface area contributed by atoms with E-state index in [-0.39, 0.29) is 5.70 Å². The Balaban J connectivity index is 1.75. The molecule has 1 heterocycles. The van der Waals surface area contributed by atoms with Crippen molar-refractivity contribution in [2.45, 2.75) is 13.8 Å². The summed E-state index contributed by atoms with van der Waals surface area (Å²) < 4.78 is 11.6. The molecule has 0 spiro atoms. The first-order valence-corrected chi connectivity index (χ1v) is 10.3. The van der Waals surface area contributed by atoms with Crippen LogP contribution < -0.4 is 20.1 Å². The number of hydrogen-bond acceptors (Lipinski definition) is 5. The Bertz CT molecular complexity index is 1050. The molecule has 0 unspecified atom stereocenters. The average molecular weight is 488 g/mol. The molecule has 8 nitrogen and oxygen atoms in total. The molecule has 2 aromatic rings. The average Bonchev–Trinajstić information content (AvgIpc) is 2.98. The highest BCUT2D eigenvalue weighted by atomic mass is 79.9. The summed E-state index contributed by atoms with van der Waals surface area (Å²) in [6.45, 7) is 3.86. The Morgan fingerprint density at radius 3 is 2.58 bits per heavy atom. The Morgan fingerprint density at radius 1 is 1.23 bits per heavy atom. The molecule has 2 N–H and O–H groups in total. The lowest BCUT2D eigenvalue weighted by Crippen LogP contribution is -2.38. The number of imide groups is 1. The Morgan fingerprint density at radius 2 is 1.94 bits per heavy atom. The molecule has 31 heavy (non-hydrogen) atoms. The number of methoxy groups -OCH3 is 1. The van der Waals surface area contributed by atoms with Crippen LogP contribution in [0.4, 0.5) is 10.5 Å². The van der Waals surface area contributed by atoms with Crippen LogP contribution in [0.1, 0.15) is 18.1 Å². The first kappa shape index (κ1) is 22.4. The van der Waals surface area contributed by atoms with Crippen molar-refractivity contribution < 1.29 is 23.9 Å². The molecule has 0 atom stereocenters. The van der Waals surface area contributed by atoms with Crippen molar-refractivity contribution in [3.8, 4) is 11.5 Å². The summed E-state index contributed by atoms with van der Waals surface area (Å²) in [7, 11) is 1.51. The Hall–Kier alpha value is -3.33. The maximum Gasteiger partial charge on any atom is 0.329 e. The van der Waals surface area contributed by atoms with E-state index in [1.807, 2.05) is 26.0 Å². The van der Waals surface area contributed by atoms with Crippen LogP contribution in [0.2, 0.25) is 0 Å². The van der Waals surface area contributed by atoms with Gasteiger partial charge in [0.2, 0.25) is 5.91 Å². The van der Waals surface area contributed by atoms with E-state index in [1.165, 1.54) is 13.2 Å². The molecule has 1 fully saturated rings. The number of rotatable bonds is 7. The molecular formula is C22H22BrN3O5. The highest BCUT2D eigenvalue weighted by Gasteiger charge is 2.35. The van der Waals surface area contributed by atoms with Gasteiger partial charge in [-0.3, -0.25) is 9.59 Å². The molecular weight excluding hydrogens is 466 g/mol. The standard InChI is InChI=1S/C22H22BrN3O5/c1-4-31-20-16(23)9-14(11-18(20)30-3)10-17-21(28)26(22(29)25-17)12-19(27)24-15-7-5-13(2)6-8-15/h5-11H,4,12H2,1-3H3,(H,24,27)(H,25,29). The number of carbonyl (C=O) groups is 3. The molecule has 162 valence electrons. The minimum atomic E-state index is -0.660. The fourth-order valence-corrected chi connectivity index (χ4v) is 3.54. The third-order valence-electron chi connectivity index (χ3n) is 4.45. The Kier molecular flexibility index (Phi) is 6.96. The topological polar surface area (TPSA) is 97.0 Å². The van der Waals surface area contributed by atoms with Crippen LogP contribution >= 0.6 is 15.9 Å². The number of hydrogen-bond donors (Lipinski definition) is 2. The fourth-order valence-electron chi connectivity index (χ4n) is 2.97. The molecule has 1 saturated heterocycles. The van der Waals surface area contributed by atoms with E-state index in [2.05, 4.69) is 26.6 Å². The number of carbonyl (C=O) groups excluding carboxylic acids is 3. The summed E-state index contributed by atoms with van der Waals surface area (Å²) in [4.78, 5) is 38.1. The summed E-state index contributed by atoms with van der Waals surface area (Å²) in [6, 6.07) is 9.98. The maximum absolute atomic E-state index is 12.7. The molecule has 9 heteroatoms. The van der Waals surface area contributed by atoms with Crippen LogP contribution in [-0.4, -0.2) is 43.0 Å².